The van der Waals surface area contributed by atoms with E-state index in [9.17, 15) is 14.7 Å². The number of esters is 1. The van der Waals surface area contributed by atoms with Gasteiger partial charge in [-0.1, -0.05) is 81.4 Å². The van der Waals surface area contributed by atoms with Gasteiger partial charge in [-0.15, -0.1) is 0 Å². The second-order valence-corrected chi connectivity index (χ2v) is 11.6. The van der Waals surface area contributed by atoms with Gasteiger partial charge < -0.3 is 14.3 Å². The molecule has 0 aromatic heterocycles. The summed E-state index contributed by atoms with van der Waals surface area (Å²) in [4.78, 5) is 24.2. The number of aliphatic hydroxyl groups is 1. The highest BCUT2D eigenvalue weighted by atomic mass is 28.4. The Morgan fingerprint density at radius 3 is 1.78 bits per heavy atom. The molecule has 0 saturated heterocycles. The van der Waals surface area contributed by atoms with E-state index >= 15 is 0 Å². The van der Waals surface area contributed by atoms with Crippen LogP contribution in [0.1, 0.15) is 27.2 Å². The standard InChI is InChI=1S/C21H26O5Si/c1-21(2,3)27(16-11-7-5-8-12-16,17-13-9-6-10-14-17)26-20(24)18(22)15-19(23)25-4/h5-14,18,22H,15H2,1-4H3. The summed E-state index contributed by atoms with van der Waals surface area (Å²) in [5, 5.41) is 11.6. The van der Waals surface area contributed by atoms with E-state index in [1.54, 1.807) is 0 Å². The fourth-order valence-electron chi connectivity index (χ4n) is 3.19. The minimum Gasteiger partial charge on any atom is -0.508 e. The van der Waals surface area contributed by atoms with Gasteiger partial charge in [-0.3, -0.25) is 9.59 Å². The van der Waals surface area contributed by atoms with Crippen molar-refractivity contribution in [1.82, 2.24) is 0 Å². The fourth-order valence-corrected chi connectivity index (χ4v) is 7.56. The summed E-state index contributed by atoms with van der Waals surface area (Å²) < 4.78 is 10.7. The SMILES string of the molecule is COC(=O)CC(O)C(=O)O[Si](c1ccccc1)(c1ccccc1)C(C)(C)C. The zero-order chi connectivity index (χ0) is 20.1. The number of benzene rings is 2. The third kappa shape index (κ3) is 4.46. The Morgan fingerprint density at radius 1 is 0.963 bits per heavy atom. The third-order valence-corrected chi connectivity index (χ3v) is 9.44. The molecule has 0 saturated carbocycles. The molecule has 0 amide bonds. The molecule has 1 unspecified atom stereocenters. The Bertz CT molecular complexity index is 729. The molecule has 5 nitrogen and oxygen atoms in total. The number of methoxy groups -OCH3 is 1. The van der Waals surface area contributed by atoms with Crippen molar-refractivity contribution in [2.75, 3.05) is 7.11 Å². The maximum atomic E-state index is 12.8. The Balaban J connectivity index is 2.56. The van der Waals surface area contributed by atoms with Crippen molar-refractivity contribution in [3.8, 4) is 0 Å². The summed E-state index contributed by atoms with van der Waals surface area (Å²) in [6.07, 6.45) is -2.01. The van der Waals surface area contributed by atoms with Gasteiger partial charge in [0.25, 0.3) is 0 Å². The first-order valence-corrected chi connectivity index (χ1v) is 10.7. The second-order valence-electron chi connectivity index (χ2n) is 7.38. The molecule has 2 aromatic carbocycles. The highest BCUT2D eigenvalue weighted by Crippen LogP contribution is 2.37. The number of rotatable bonds is 6. The van der Waals surface area contributed by atoms with Gasteiger partial charge in [-0.05, 0) is 15.4 Å². The summed E-state index contributed by atoms with van der Waals surface area (Å²) in [5.41, 5.74) is 0. The lowest BCUT2D eigenvalue weighted by molar-refractivity contribution is -0.153. The lowest BCUT2D eigenvalue weighted by Gasteiger charge is -2.42. The number of aliphatic hydroxyl groups excluding tert-OH is 1. The van der Waals surface area contributed by atoms with Crippen molar-refractivity contribution < 1.29 is 23.9 Å². The highest BCUT2D eigenvalue weighted by Gasteiger charge is 2.53. The predicted octanol–water partition coefficient (Wildman–Crippen LogP) is 2.01. The maximum absolute atomic E-state index is 12.8. The van der Waals surface area contributed by atoms with Crippen molar-refractivity contribution in [1.29, 1.82) is 0 Å². The second kappa shape index (κ2) is 8.50. The molecular weight excluding hydrogens is 360 g/mol. The van der Waals surface area contributed by atoms with E-state index in [4.69, 9.17) is 4.43 Å². The molecule has 27 heavy (non-hydrogen) atoms. The topological polar surface area (TPSA) is 72.8 Å². The monoisotopic (exact) mass is 386 g/mol. The lowest BCUT2D eigenvalue weighted by atomic mass is 10.2. The molecule has 0 aliphatic carbocycles. The minimum absolute atomic E-state index is 0.406. The molecule has 1 N–H and O–H groups in total. The molecule has 0 fully saturated rings. The van der Waals surface area contributed by atoms with Gasteiger partial charge in [0.15, 0.2) is 6.10 Å². The van der Waals surface area contributed by atoms with Crippen LogP contribution in [0.2, 0.25) is 5.04 Å². The zero-order valence-corrected chi connectivity index (χ0v) is 17.1. The lowest BCUT2D eigenvalue weighted by Crippen LogP contribution is -2.68. The van der Waals surface area contributed by atoms with Crippen molar-refractivity contribution in [2.24, 2.45) is 0 Å². The smallest absolute Gasteiger partial charge is 0.323 e. The van der Waals surface area contributed by atoms with Gasteiger partial charge in [0.1, 0.15) is 0 Å². The normalized spacial score (nSPS) is 12.9. The molecule has 0 aliphatic rings. The van der Waals surface area contributed by atoms with E-state index in [1.165, 1.54) is 7.11 Å². The Kier molecular flexibility index (Phi) is 6.57. The van der Waals surface area contributed by atoms with E-state index in [0.717, 1.165) is 10.4 Å². The van der Waals surface area contributed by atoms with Crippen LogP contribution in [0.5, 0.6) is 0 Å². The molecular formula is C21H26O5Si. The molecule has 1 atom stereocenters. The van der Waals surface area contributed by atoms with Crippen LogP contribution in [-0.2, 0) is 18.8 Å². The van der Waals surface area contributed by atoms with E-state index < -0.39 is 37.8 Å². The molecule has 2 rings (SSSR count). The van der Waals surface area contributed by atoms with Crippen molar-refractivity contribution in [3.63, 3.8) is 0 Å². The highest BCUT2D eigenvalue weighted by molar-refractivity contribution is 7.00. The molecule has 0 spiro atoms. The van der Waals surface area contributed by atoms with E-state index in [1.807, 2.05) is 81.4 Å². The van der Waals surface area contributed by atoms with Crippen LogP contribution in [0, 0.1) is 0 Å². The number of hydrogen-bond acceptors (Lipinski definition) is 5. The van der Waals surface area contributed by atoms with Gasteiger partial charge in [0, 0.05) is 0 Å². The molecule has 0 bridgehead atoms. The molecule has 6 heteroatoms. The van der Waals surface area contributed by atoms with Gasteiger partial charge in [-0.25, -0.2) is 0 Å². The van der Waals surface area contributed by atoms with Crippen LogP contribution in [0.15, 0.2) is 60.7 Å². The average Bonchev–Trinajstić information content (AvgIpc) is 2.66. The molecule has 0 radical (unpaired) electrons. The Hall–Kier alpha value is -2.44. The van der Waals surface area contributed by atoms with Crippen LogP contribution in [0.4, 0.5) is 0 Å². The van der Waals surface area contributed by atoms with Crippen LogP contribution >= 0.6 is 0 Å². The van der Waals surface area contributed by atoms with E-state index in [-0.39, 0.29) is 0 Å². The summed E-state index contributed by atoms with van der Waals surface area (Å²) in [6.45, 7) is 6.08. The first-order valence-electron chi connectivity index (χ1n) is 8.81. The fraction of sp³-hybridized carbons (Fsp3) is 0.333. The quantitative estimate of drug-likeness (QED) is 0.607. The summed E-state index contributed by atoms with van der Waals surface area (Å²) >= 11 is 0. The number of carbonyl (C=O) groups excluding carboxylic acids is 2. The van der Waals surface area contributed by atoms with Crippen molar-refractivity contribution in [2.45, 2.75) is 38.3 Å². The van der Waals surface area contributed by atoms with E-state index in [2.05, 4.69) is 4.74 Å². The van der Waals surface area contributed by atoms with Crippen LogP contribution in [-0.4, -0.2) is 38.6 Å². The Morgan fingerprint density at radius 2 is 1.41 bits per heavy atom. The molecule has 0 heterocycles. The molecule has 0 aliphatic heterocycles. The molecule has 144 valence electrons. The minimum atomic E-state index is -3.10. The molecule has 2 aromatic rings. The summed E-state index contributed by atoms with van der Waals surface area (Å²) in [5.74, 6) is -1.48. The van der Waals surface area contributed by atoms with E-state index in [0.29, 0.717) is 0 Å². The Labute approximate surface area is 161 Å². The predicted molar refractivity (Wildman–Crippen MR) is 106 cm³/mol. The van der Waals surface area contributed by atoms with Crippen molar-refractivity contribution in [3.05, 3.63) is 60.7 Å². The zero-order valence-electron chi connectivity index (χ0n) is 16.1. The number of hydrogen-bond donors (Lipinski definition) is 1. The average molecular weight is 387 g/mol. The summed E-state index contributed by atoms with van der Waals surface area (Å²) in [6, 6.07) is 19.2. The van der Waals surface area contributed by atoms with Crippen LogP contribution in [0.3, 0.4) is 0 Å². The maximum Gasteiger partial charge on any atom is 0.323 e. The van der Waals surface area contributed by atoms with Gasteiger partial charge in [0.2, 0.25) is 0 Å². The van der Waals surface area contributed by atoms with Gasteiger partial charge in [-0.2, -0.15) is 0 Å². The van der Waals surface area contributed by atoms with Crippen LogP contribution < -0.4 is 10.4 Å². The van der Waals surface area contributed by atoms with Gasteiger partial charge >= 0.3 is 20.3 Å². The van der Waals surface area contributed by atoms with Crippen LogP contribution in [0.25, 0.3) is 0 Å². The number of ether oxygens (including phenoxy) is 1. The summed E-state index contributed by atoms with van der Waals surface area (Å²) in [7, 11) is -1.89. The third-order valence-electron chi connectivity index (χ3n) is 4.53. The van der Waals surface area contributed by atoms with Crippen molar-refractivity contribution >= 4 is 30.6 Å². The first-order chi connectivity index (χ1) is 12.7. The van der Waals surface area contributed by atoms with Gasteiger partial charge in [0.05, 0.1) is 13.5 Å². The first kappa shape index (κ1) is 20.9. The number of carbonyl (C=O) groups is 2. The largest absolute Gasteiger partial charge is 0.508 e.